The molecular formula is C10H21BrO. The summed E-state index contributed by atoms with van der Waals surface area (Å²) in [7, 11) is 0. The maximum atomic E-state index is 5.47. The molecular weight excluding hydrogens is 216 g/mol. The van der Waals surface area contributed by atoms with Crippen LogP contribution in [0.1, 0.15) is 46.0 Å². The highest BCUT2D eigenvalue weighted by molar-refractivity contribution is 9.09. The number of ether oxygens (including phenoxy) is 1. The minimum Gasteiger partial charge on any atom is -0.381 e. The summed E-state index contributed by atoms with van der Waals surface area (Å²) in [5.41, 5.74) is 0. The Morgan fingerprint density at radius 1 is 1.17 bits per heavy atom. The van der Waals surface area contributed by atoms with Crippen molar-refractivity contribution in [2.45, 2.75) is 50.8 Å². The van der Waals surface area contributed by atoms with Crippen molar-refractivity contribution in [1.82, 2.24) is 0 Å². The minimum atomic E-state index is 0.636. The summed E-state index contributed by atoms with van der Waals surface area (Å²) in [6.45, 7) is 6.27. The quantitative estimate of drug-likeness (QED) is 0.461. The van der Waals surface area contributed by atoms with E-state index in [1.165, 1.54) is 32.1 Å². The Balaban J connectivity index is 2.82. The Hall–Kier alpha value is 0.440. The van der Waals surface area contributed by atoms with Gasteiger partial charge in [0.05, 0.1) is 0 Å². The largest absolute Gasteiger partial charge is 0.381 e. The molecule has 0 aromatic carbocycles. The first-order valence-corrected chi connectivity index (χ1v) is 5.90. The fourth-order valence-electron chi connectivity index (χ4n) is 1.02. The molecule has 0 rings (SSSR count). The highest BCUT2D eigenvalue weighted by Gasteiger charge is 1.94. The molecule has 0 bridgehead atoms. The highest BCUT2D eigenvalue weighted by atomic mass is 79.9. The summed E-state index contributed by atoms with van der Waals surface area (Å²) in [6.07, 6.45) is 6.20. The van der Waals surface area contributed by atoms with E-state index in [1.807, 2.05) is 0 Å². The van der Waals surface area contributed by atoms with Crippen LogP contribution in [0, 0.1) is 0 Å². The van der Waals surface area contributed by atoms with Gasteiger partial charge in [-0.15, -0.1) is 0 Å². The SMILES string of the molecule is CCCCCOCCCC(C)Br. The van der Waals surface area contributed by atoms with Gasteiger partial charge in [0.2, 0.25) is 0 Å². The van der Waals surface area contributed by atoms with E-state index < -0.39 is 0 Å². The van der Waals surface area contributed by atoms with Crippen molar-refractivity contribution in [2.24, 2.45) is 0 Å². The molecule has 0 saturated carbocycles. The molecule has 0 radical (unpaired) electrons. The van der Waals surface area contributed by atoms with Gasteiger partial charge in [0, 0.05) is 18.0 Å². The first-order valence-electron chi connectivity index (χ1n) is 4.99. The molecule has 0 aliphatic carbocycles. The molecule has 0 amide bonds. The fourth-order valence-corrected chi connectivity index (χ4v) is 1.35. The van der Waals surface area contributed by atoms with Crippen molar-refractivity contribution in [3.63, 3.8) is 0 Å². The molecule has 0 aromatic heterocycles. The number of hydrogen-bond donors (Lipinski definition) is 0. The zero-order valence-electron chi connectivity index (χ0n) is 8.31. The van der Waals surface area contributed by atoms with Crippen molar-refractivity contribution >= 4 is 15.9 Å². The average Bonchev–Trinajstić information content (AvgIpc) is 2.02. The van der Waals surface area contributed by atoms with Gasteiger partial charge in [-0.25, -0.2) is 0 Å². The van der Waals surface area contributed by atoms with Crippen LogP contribution in [0.2, 0.25) is 0 Å². The molecule has 0 spiro atoms. The summed E-state index contributed by atoms with van der Waals surface area (Å²) < 4.78 is 5.47. The van der Waals surface area contributed by atoms with E-state index >= 15 is 0 Å². The van der Waals surface area contributed by atoms with Crippen LogP contribution in [0.5, 0.6) is 0 Å². The van der Waals surface area contributed by atoms with E-state index in [9.17, 15) is 0 Å². The molecule has 0 N–H and O–H groups in total. The Labute approximate surface area is 85.0 Å². The summed E-state index contributed by atoms with van der Waals surface area (Å²) in [6, 6.07) is 0. The molecule has 74 valence electrons. The summed E-state index contributed by atoms with van der Waals surface area (Å²) in [5.74, 6) is 0. The topological polar surface area (TPSA) is 9.23 Å². The molecule has 0 heterocycles. The lowest BCUT2D eigenvalue weighted by Crippen LogP contribution is -1.99. The van der Waals surface area contributed by atoms with Gasteiger partial charge in [0.25, 0.3) is 0 Å². The number of halogens is 1. The van der Waals surface area contributed by atoms with Crippen molar-refractivity contribution in [1.29, 1.82) is 0 Å². The summed E-state index contributed by atoms with van der Waals surface area (Å²) >= 11 is 3.51. The van der Waals surface area contributed by atoms with E-state index in [4.69, 9.17) is 4.74 Å². The van der Waals surface area contributed by atoms with E-state index in [2.05, 4.69) is 29.8 Å². The third-order valence-corrected chi connectivity index (χ3v) is 2.24. The monoisotopic (exact) mass is 236 g/mol. The third kappa shape index (κ3) is 10.4. The van der Waals surface area contributed by atoms with Crippen LogP contribution < -0.4 is 0 Å². The molecule has 1 nitrogen and oxygen atoms in total. The standard InChI is InChI=1S/C10H21BrO/c1-3-4-5-8-12-9-6-7-10(2)11/h10H,3-9H2,1-2H3. The number of alkyl halides is 1. The first kappa shape index (κ1) is 12.4. The van der Waals surface area contributed by atoms with Crippen LogP contribution in [-0.2, 0) is 4.74 Å². The van der Waals surface area contributed by atoms with Crippen molar-refractivity contribution in [3.8, 4) is 0 Å². The molecule has 0 saturated heterocycles. The molecule has 1 unspecified atom stereocenters. The smallest absolute Gasteiger partial charge is 0.0466 e. The van der Waals surface area contributed by atoms with E-state index in [0.717, 1.165) is 13.2 Å². The minimum absolute atomic E-state index is 0.636. The fraction of sp³-hybridized carbons (Fsp3) is 1.00. The Morgan fingerprint density at radius 3 is 2.42 bits per heavy atom. The van der Waals surface area contributed by atoms with Gasteiger partial charge < -0.3 is 4.74 Å². The van der Waals surface area contributed by atoms with Crippen LogP contribution in [0.15, 0.2) is 0 Å². The van der Waals surface area contributed by atoms with Crippen LogP contribution in [-0.4, -0.2) is 18.0 Å². The van der Waals surface area contributed by atoms with Gasteiger partial charge >= 0.3 is 0 Å². The van der Waals surface area contributed by atoms with Crippen LogP contribution >= 0.6 is 15.9 Å². The lowest BCUT2D eigenvalue weighted by molar-refractivity contribution is 0.127. The van der Waals surface area contributed by atoms with Crippen LogP contribution in [0.3, 0.4) is 0 Å². The van der Waals surface area contributed by atoms with Gasteiger partial charge in [-0.2, -0.15) is 0 Å². The van der Waals surface area contributed by atoms with Crippen LogP contribution in [0.25, 0.3) is 0 Å². The van der Waals surface area contributed by atoms with Crippen LogP contribution in [0.4, 0.5) is 0 Å². The van der Waals surface area contributed by atoms with Crippen molar-refractivity contribution < 1.29 is 4.74 Å². The predicted octanol–water partition coefficient (Wildman–Crippen LogP) is 3.76. The Morgan fingerprint density at radius 2 is 1.83 bits per heavy atom. The molecule has 12 heavy (non-hydrogen) atoms. The summed E-state index contributed by atoms with van der Waals surface area (Å²) in [4.78, 5) is 0.636. The second-order valence-electron chi connectivity index (χ2n) is 3.24. The van der Waals surface area contributed by atoms with Gasteiger partial charge in [0.1, 0.15) is 0 Å². The first-order chi connectivity index (χ1) is 5.77. The van der Waals surface area contributed by atoms with Gasteiger partial charge in [-0.1, -0.05) is 42.6 Å². The number of rotatable bonds is 8. The zero-order valence-corrected chi connectivity index (χ0v) is 9.90. The molecule has 0 aliphatic heterocycles. The van der Waals surface area contributed by atoms with Gasteiger partial charge in [-0.3, -0.25) is 0 Å². The number of unbranched alkanes of at least 4 members (excludes halogenated alkanes) is 2. The Bertz CT molecular complexity index is 83.9. The van der Waals surface area contributed by atoms with Crippen molar-refractivity contribution in [3.05, 3.63) is 0 Å². The molecule has 2 heteroatoms. The summed E-state index contributed by atoms with van der Waals surface area (Å²) in [5, 5.41) is 0. The van der Waals surface area contributed by atoms with Crippen molar-refractivity contribution in [2.75, 3.05) is 13.2 Å². The maximum absolute atomic E-state index is 5.47. The average molecular weight is 237 g/mol. The second-order valence-corrected chi connectivity index (χ2v) is 4.81. The Kier molecular flexibility index (Phi) is 9.88. The van der Waals surface area contributed by atoms with Gasteiger partial charge in [-0.05, 0) is 19.3 Å². The lowest BCUT2D eigenvalue weighted by Gasteiger charge is -2.04. The maximum Gasteiger partial charge on any atom is 0.0466 e. The lowest BCUT2D eigenvalue weighted by atomic mass is 10.2. The second kappa shape index (κ2) is 9.53. The third-order valence-electron chi connectivity index (χ3n) is 1.78. The van der Waals surface area contributed by atoms with E-state index in [0.29, 0.717) is 4.83 Å². The molecule has 0 aliphatic rings. The van der Waals surface area contributed by atoms with E-state index in [-0.39, 0.29) is 0 Å². The van der Waals surface area contributed by atoms with Gasteiger partial charge in [0.15, 0.2) is 0 Å². The normalized spacial score (nSPS) is 13.2. The molecule has 0 aromatic rings. The zero-order chi connectivity index (χ0) is 9.23. The predicted molar refractivity (Wildman–Crippen MR) is 58.0 cm³/mol. The highest BCUT2D eigenvalue weighted by Crippen LogP contribution is 2.06. The molecule has 1 atom stereocenters. The number of hydrogen-bond acceptors (Lipinski definition) is 1. The van der Waals surface area contributed by atoms with E-state index in [1.54, 1.807) is 0 Å². The molecule has 0 fully saturated rings.